The van der Waals surface area contributed by atoms with Crippen LogP contribution >= 0.6 is 0 Å². The number of hydrogen-bond donors (Lipinski definition) is 0. The fourth-order valence-electron chi connectivity index (χ4n) is 2.30. The number of hydrogen-bond acceptors (Lipinski definition) is 3. The van der Waals surface area contributed by atoms with E-state index < -0.39 is 0 Å². The van der Waals surface area contributed by atoms with E-state index >= 15 is 0 Å². The molecule has 0 radical (unpaired) electrons. The monoisotopic (exact) mass is 275 g/mol. The van der Waals surface area contributed by atoms with E-state index in [1.54, 1.807) is 0 Å². The van der Waals surface area contributed by atoms with Gasteiger partial charge in [0.1, 0.15) is 17.3 Å². The van der Waals surface area contributed by atoms with Crippen LogP contribution in [0, 0.1) is 13.8 Å². The van der Waals surface area contributed by atoms with Gasteiger partial charge in [-0.3, -0.25) is 0 Å². The molecule has 2 aromatic rings. The van der Waals surface area contributed by atoms with Gasteiger partial charge in [0.2, 0.25) is 0 Å². The highest BCUT2D eigenvalue weighted by Gasteiger charge is 2.10. The third-order valence-corrected chi connectivity index (χ3v) is 3.84. The Labute approximate surface area is 121 Å². The molecule has 0 spiro atoms. The Morgan fingerprint density at radius 2 is 2.10 bits per heavy atom. The van der Waals surface area contributed by atoms with Gasteiger partial charge in [-0.15, -0.1) is 0 Å². The predicted molar refractivity (Wildman–Crippen MR) is 80.9 cm³/mol. The summed E-state index contributed by atoms with van der Waals surface area (Å²) >= 11 is 0. The number of rotatable bonds is 7. The molecule has 4 nitrogen and oxygen atoms in total. The first kappa shape index (κ1) is 14.9. The molecule has 1 atom stereocenters. The Morgan fingerprint density at radius 3 is 2.70 bits per heavy atom. The van der Waals surface area contributed by atoms with Gasteiger partial charge in [0, 0.05) is 31.4 Å². The largest absolute Gasteiger partial charge is 0.466 e. The molecule has 0 saturated heterocycles. The zero-order valence-electron chi connectivity index (χ0n) is 13.0. The SMILES string of the molecule is Cc1ccc([C@H](C)CCN(C)CCn2ccnc2C)o1. The minimum atomic E-state index is 0.473. The summed E-state index contributed by atoms with van der Waals surface area (Å²) in [6.07, 6.45) is 5.01. The second kappa shape index (κ2) is 6.75. The molecule has 0 saturated carbocycles. The first-order valence-corrected chi connectivity index (χ1v) is 7.29. The van der Waals surface area contributed by atoms with Crippen LogP contribution in [0.15, 0.2) is 28.9 Å². The third kappa shape index (κ3) is 3.97. The Hall–Kier alpha value is -1.55. The van der Waals surface area contributed by atoms with Gasteiger partial charge in [-0.1, -0.05) is 6.92 Å². The average molecular weight is 275 g/mol. The second-order valence-corrected chi connectivity index (χ2v) is 5.61. The van der Waals surface area contributed by atoms with Crippen molar-refractivity contribution in [3.8, 4) is 0 Å². The molecule has 0 aliphatic rings. The molecule has 20 heavy (non-hydrogen) atoms. The van der Waals surface area contributed by atoms with Crippen molar-refractivity contribution in [1.29, 1.82) is 0 Å². The van der Waals surface area contributed by atoms with Crippen molar-refractivity contribution in [2.24, 2.45) is 0 Å². The summed E-state index contributed by atoms with van der Waals surface area (Å²) in [6.45, 7) is 9.38. The summed E-state index contributed by atoms with van der Waals surface area (Å²) in [4.78, 5) is 6.61. The van der Waals surface area contributed by atoms with Crippen molar-refractivity contribution in [2.45, 2.75) is 39.7 Å². The quantitative estimate of drug-likeness (QED) is 0.778. The minimum absolute atomic E-state index is 0.473. The van der Waals surface area contributed by atoms with Crippen LogP contribution in [0.2, 0.25) is 0 Å². The molecular weight excluding hydrogens is 250 g/mol. The molecule has 0 N–H and O–H groups in total. The Kier molecular flexibility index (Phi) is 5.01. The van der Waals surface area contributed by atoms with Gasteiger partial charge in [0.05, 0.1) is 0 Å². The van der Waals surface area contributed by atoms with Crippen LogP contribution in [0.4, 0.5) is 0 Å². The molecule has 110 valence electrons. The van der Waals surface area contributed by atoms with E-state index in [4.69, 9.17) is 4.42 Å². The number of nitrogens with zero attached hydrogens (tertiary/aromatic N) is 3. The standard InChI is InChI=1S/C16H25N3O/c1-13(16-6-5-14(2)20-16)7-9-18(4)11-12-19-10-8-17-15(19)3/h5-6,8,10,13H,7,9,11-12H2,1-4H3/t13-/m1/s1. The Balaban J connectivity index is 1.72. The zero-order chi connectivity index (χ0) is 14.5. The van der Waals surface area contributed by atoms with Gasteiger partial charge in [0.25, 0.3) is 0 Å². The van der Waals surface area contributed by atoms with Crippen molar-refractivity contribution in [3.63, 3.8) is 0 Å². The molecule has 0 bridgehead atoms. The molecular formula is C16H25N3O. The van der Waals surface area contributed by atoms with E-state index in [9.17, 15) is 0 Å². The second-order valence-electron chi connectivity index (χ2n) is 5.61. The van der Waals surface area contributed by atoms with E-state index in [1.807, 2.05) is 32.3 Å². The van der Waals surface area contributed by atoms with Crippen LogP contribution in [0.3, 0.4) is 0 Å². The molecule has 0 fully saturated rings. The molecule has 0 aromatic carbocycles. The van der Waals surface area contributed by atoms with Crippen LogP contribution in [-0.4, -0.2) is 34.6 Å². The number of likely N-dealkylation sites (N-methyl/N-ethyl adjacent to an activating group) is 1. The topological polar surface area (TPSA) is 34.2 Å². The average Bonchev–Trinajstić information content (AvgIpc) is 3.02. The number of aromatic nitrogens is 2. The van der Waals surface area contributed by atoms with Gasteiger partial charge >= 0.3 is 0 Å². The van der Waals surface area contributed by atoms with E-state index in [2.05, 4.69) is 34.5 Å². The third-order valence-electron chi connectivity index (χ3n) is 3.84. The lowest BCUT2D eigenvalue weighted by Gasteiger charge is -2.19. The lowest BCUT2D eigenvalue weighted by molar-refractivity contribution is 0.298. The van der Waals surface area contributed by atoms with Crippen molar-refractivity contribution in [1.82, 2.24) is 14.5 Å². The first-order valence-electron chi connectivity index (χ1n) is 7.29. The Bertz CT molecular complexity index is 529. The van der Waals surface area contributed by atoms with Crippen LogP contribution in [0.1, 0.15) is 36.6 Å². The van der Waals surface area contributed by atoms with Crippen molar-refractivity contribution in [3.05, 3.63) is 41.9 Å². The van der Waals surface area contributed by atoms with Gasteiger partial charge in [-0.25, -0.2) is 4.98 Å². The van der Waals surface area contributed by atoms with Crippen LogP contribution in [0.25, 0.3) is 0 Å². The predicted octanol–water partition coefficient (Wildman–Crippen LogP) is 3.22. The van der Waals surface area contributed by atoms with Gasteiger partial charge in [0.15, 0.2) is 0 Å². The maximum absolute atomic E-state index is 5.68. The zero-order valence-corrected chi connectivity index (χ0v) is 13.0. The van der Waals surface area contributed by atoms with Crippen molar-refractivity contribution < 1.29 is 4.42 Å². The van der Waals surface area contributed by atoms with Gasteiger partial charge in [-0.2, -0.15) is 0 Å². The van der Waals surface area contributed by atoms with Crippen LogP contribution < -0.4 is 0 Å². The lowest BCUT2D eigenvalue weighted by atomic mass is 10.1. The highest BCUT2D eigenvalue weighted by Crippen LogP contribution is 2.21. The van der Waals surface area contributed by atoms with Crippen LogP contribution in [0.5, 0.6) is 0 Å². The summed E-state index contributed by atoms with van der Waals surface area (Å²) in [5.74, 6) is 3.65. The van der Waals surface area contributed by atoms with Crippen molar-refractivity contribution >= 4 is 0 Å². The normalized spacial score (nSPS) is 13.1. The summed E-state index contributed by atoms with van der Waals surface area (Å²) in [6, 6.07) is 4.13. The molecule has 2 aromatic heterocycles. The number of imidazole rings is 1. The maximum atomic E-state index is 5.68. The van der Waals surface area contributed by atoms with Gasteiger partial charge < -0.3 is 13.9 Å². The van der Waals surface area contributed by atoms with E-state index in [0.717, 1.165) is 43.4 Å². The first-order chi connectivity index (χ1) is 9.56. The minimum Gasteiger partial charge on any atom is -0.466 e. The Morgan fingerprint density at radius 1 is 1.30 bits per heavy atom. The fraction of sp³-hybridized carbons (Fsp3) is 0.562. The van der Waals surface area contributed by atoms with Crippen molar-refractivity contribution in [2.75, 3.05) is 20.1 Å². The molecule has 0 unspecified atom stereocenters. The number of aryl methyl sites for hydroxylation is 2. The summed E-state index contributed by atoms with van der Waals surface area (Å²) in [7, 11) is 2.17. The van der Waals surface area contributed by atoms with E-state index in [1.165, 1.54) is 0 Å². The highest BCUT2D eigenvalue weighted by molar-refractivity contribution is 5.09. The van der Waals surface area contributed by atoms with E-state index in [0.29, 0.717) is 5.92 Å². The summed E-state index contributed by atoms with van der Waals surface area (Å²) < 4.78 is 7.87. The molecule has 0 aliphatic carbocycles. The molecule has 2 heterocycles. The van der Waals surface area contributed by atoms with Gasteiger partial charge in [-0.05, 0) is 46.0 Å². The molecule has 0 amide bonds. The lowest BCUT2D eigenvalue weighted by Crippen LogP contribution is -2.25. The summed E-state index contributed by atoms with van der Waals surface area (Å²) in [5, 5.41) is 0. The molecule has 2 rings (SSSR count). The fourth-order valence-corrected chi connectivity index (χ4v) is 2.30. The summed E-state index contributed by atoms with van der Waals surface area (Å²) in [5.41, 5.74) is 0. The van der Waals surface area contributed by atoms with E-state index in [-0.39, 0.29) is 0 Å². The smallest absolute Gasteiger partial charge is 0.107 e. The maximum Gasteiger partial charge on any atom is 0.107 e. The van der Waals surface area contributed by atoms with Crippen LogP contribution in [-0.2, 0) is 6.54 Å². The molecule has 0 aliphatic heterocycles. The molecule has 4 heteroatoms. The highest BCUT2D eigenvalue weighted by atomic mass is 16.3. The number of furan rings is 1.